The summed E-state index contributed by atoms with van der Waals surface area (Å²) >= 11 is 6.04. The molecule has 22 heavy (non-hydrogen) atoms. The van der Waals surface area contributed by atoms with Crippen molar-refractivity contribution in [3.63, 3.8) is 0 Å². The third-order valence-corrected chi connectivity index (χ3v) is 4.29. The first kappa shape index (κ1) is 17.0. The van der Waals surface area contributed by atoms with Gasteiger partial charge in [0.1, 0.15) is 5.82 Å². The van der Waals surface area contributed by atoms with Crippen molar-refractivity contribution < 1.29 is 0 Å². The summed E-state index contributed by atoms with van der Waals surface area (Å²) in [5.41, 5.74) is 0.938. The average Bonchev–Trinajstić information content (AvgIpc) is 2.51. The SMILES string of the molecule is CCN(CC)CCC[C@H](C)Nc1ccc2ccc(Cl)cc2n1. The van der Waals surface area contributed by atoms with E-state index in [2.05, 4.69) is 42.0 Å². The molecule has 1 N–H and O–H groups in total. The van der Waals surface area contributed by atoms with Gasteiger partial charge in [-0.15, -0.1) is 0 Å². The van der Waals surface area contributed by atoms with Gasteiger partial charge in [0.25, 0.3) is 0 Å². The molecular formula is C18H26ClN3. The number of hydrogen-bond donors (Lipinski definition) is 1. The van der Waals surface area contributed by atoms with Crippen LogP contribution in [0.1, 0.15) is 33.6 Å². The van der Waals surface area contributed by atoms with Gasteiger partial charge in [-0.2, -0.15) is 0 Å². The minimum absolute atomic E-state index is 0.416. The average molecular weight is 320 g/mol. The highest BCUT2D eigenvalue weighted by Crippen LogP contribution is 2.20. The lowest BCUT2D eigenvalue weighted by atomic mass is 10.1. The lowest BCUT2D eigenvalue weighted by molar-refractivity contribution is 0.295. The maximum absolute atomic E-state index is 6.04. The van der Waals surface area contributed by atoms with Crippen LogP contribution < -0.4 is 5.32 Å². The van der Waals surface area contributed by atoms with E-state index < -0.39 is 0 Å². The van der Waals surface area contributed by atoms with Gasteiger partial charge in [-0.1, -0.05) is 31.5 Å². The third kappa shape index (κ3) is 4.85. The number of fused-ring (bicyclic) bond motifs is 1. The van der Waals surface area contributed by atoms with Crippen LogP contribution in [0.2, 0.25) is 5.02 Å². The van der Waals surface area contributed by atoms with Crippen molar-refractivity contribution in [3.8, 4) is 0 Å². The summed E-state index contributed by atoms with van der Waals surface area (Å²) in [6.45, 7) is 10.1. The Balaban J connectivity index is 1.89. The van der Waals surface area contributed by atoms with Crippen molar-refractivity contribution in [3.05, 3.63) is 35.4 Å². The second-order valence-corrected chi connectivity index (χ2v) is 6.18. The molecule has 1 aromatic carbocycles. The molecule has 0 bridgehead atoms. The summed E-state index contributed by atoms with van der Waals surface area (Å²) in [5.74, 6) is 0.921. The molecule has 120 valence electrons. The summed E-state index contributed by atoms with van der Waals surface area (Å²) in [5, 5.41) is 5.33. The van der Waals surface area contributed by atoms with Gasteiger partial charge in [0.05, 0.1) is 5.52 Å². The Bertz CT molecular complexity index is 596. The second-order valence-electron chi connectivity index (χ2n) is 5.75. The lowest BCUT2D eigenvalue weighted by Crippen LogP contribution is -2.25. The van der Waals surface area contributed by atoms with Gasteiger partial charge in [-0.05, 0) is 63.7 Å². The molecule has 0 saturated heterocycles. The number of halogens is 1. The van der Waals surface area contributed by atoms with Gasteiger partial charge in [-0.25, -0.2) is 4.98 Å². The summed E-state index contributed by atoms with van der Waals surface area (Å²) in [6, 6.07) is 10.4. The number of anilines is 1. The van der Waals surface area contributed by atoms with Crippen LogP contribution in [0.5, 0.6) is 0 Å². The number of hydrogen-bond acceptors (Lipinski definition) is 3. The molecule has 1 heterocycles. The summed E-state index contributed by atoms with van der Waals surface area (Å²) < 4.78 is 0. The fraction of sp³-hybridized carbons (Fsp3) is 0.500. The van der Waals surface area contributed by atoms with Crippen LogP contribution in [0.4, 0.5) is 5.82 Å². The van der Waals surface area contributed by atoms with E-state index in [0.29, 0.717) is 6.04 Å². The van der Waals surface area contributed by atoms with Crippen LogP contribution in [0, 0.1) is 0 Å². The molecule has 1 atom stereocenters. The molecule has 3 nitrogen and oxygen atoms in total. The first-order chi connectivity index (χ1) is 10.6. The Labute approximate surface area is 138 Å². The van der Waals surface area contributed by atoms with E-state index in [1.807, 2.05) is 24.3 Å². The standard InChI is InChI=1S/C18H26ClN3/c1-4-22(5-2)12-6-7-14(3)20-18-11-9-15-8-10-16(19)13-17(15)21-18/h8-11,13-14H,4-7,12H2,1-3H3,(H,20,21)/t14-/m0/s1. The quantitative estimate of drug-likeness (QED) is 0.756. The molecule has 0 aliphatic heterocycles. The fourth-order valence-electron chi connectivity index (χ4n) is 2.66. The number of benzene rings is 1. The maximum Gasteiger partial charge on any atom is 0.126 e. The molecule has 0 aliphatic carbocycles. The fourth-order valence-corrected chi connectivity index (χ4v) is 2.82. The normalized spacial score (nSPS) is 12.8. The van der Waals surface area contributed by atoms with E-state index in [1.54, 1.807) is 0 Å². The van der Waals surface area contributed by atoms with Crippen LogP contribution in [0.3, 0.4) is 0 Å². The predicted octanol–water partition coefficient (Wildman–Crippen LogP) is 4.81. The zero-order valence-electron chi connectivity index (χ0n) is 13.8. The maximum atomic E-state index is 6.04. The van der Waals surface area contributed by atoms with Gasteiger partial charge in [-0.3, -0.25) is 0 Å². The summed E-state index contributed by atoms with van der Waals surface area (Å²) in [6.07, 6.45) is 2.35. The Morgan fingerprint density at radius 1 is 1.18 bits per heavy atom. The smallest absolute Gasteiger partial charge is 0.126 e. The molecule has 0 unspecified atom stereocenters. The zero-order valence-corrected chi connectivity index (χ0v) is 14.5. The highest BCUT2D eigenvalue weighted by molar-refractivity contribution is 6.31. The Morgan fingerprint density at radius 3 is 2.64 bits per heavy atom. The molecular weight excluding hydrogens is 294 g/mol. The van der Waals surface area contributed by atoms with Crippen molar-refractivity contribution in [2.45, 2.75) is 39.7 Å². The van der Waals surface area contributed by atoms with Crippen LogP contribution in [0.15, 0.2) is 30.3 Å². The van der Waals surface area contributed by atoms with Gasteiger partial charge >= 0.3 is 0 Å². The molecule has 2 rings (SSSR count). The molecule has 0 saturated carbocycles. The zero-order chi connectivity index (χ0) is 15.9. The molecule has 0 radical (unpaired) electrons. The Kier molecular flexibility index (Phi) is 6.47. The van der Waals surface area contributed by atoms with Gasteiger partial charge in [0.2, 0.25) is 0 Å². The van der Waals surface area contributed by atoms with Crippen LogP contribution in [-0.2, 0) is 0 Å². The molecule has 0 aliphatic rings. The van der Waals surface area contributed by atoms with Crippen molar-refractivity contribution in [1.29, 1.82) is 0 Å². The Morgan fingerprint density at radius 2 is 1.91 bits per heavy atom. The molecule has 2 aromatic rings. The number of pyridine rings is 1. The highest BCUT2D eigenvalue weighted by atomic mass is 35.5. The van der Waals surface area contributed by atoms with Crippen molar-refractivity contribution in [2.24, 2.45) is 0 Å². The number of rotatable bonds is 8. The molecule has 4 heteroatoms. The highest BCUT2D eigenvalue weighted by Gasteiger charge is 2.06. The van der Waals surface area contributed by atoms with Gasteiger partial charge in [0.15, 0.2) is 0 Å². The molecule has 0 spiro atoms. The summed E-state index contributed by atoms with van der Waals surface area (Å²) in [7, 11) is 0. The molecule has 0 fully saturated rings. The largest absolute Gasteiger partial charge is 0.368 e. The topological polar surface area (TPSA) is 28.2 Å². The van der Waals surface area contributed by atoms with E-state index in [-0.39, 0.29) is 0 Å². The van der Waals surface area contributed by atoms with E-state index in [0.717, 1.165) is 41.3 Å². The van der Waals surface area contributed by atoms with Crippen molar-refractivity contribution in [2.75, 3.05) is 25.0 Å². The number of nitrogens with zero attached hydrogens (tertiary/aromatic N) is 2. The first-order valence-electron chi connectivity index (χ1n) is 8.17. The summed E-state index contributed by atoms with van der Waals surface area (Å²) in [4.78, 5) is 7.11. The second kappa shape index (κ2) is 8.35. The van der Waals surface area contributed by atoms with Gasteiger partial charge < -0.3 is 10.2 Å². The van der Waals surface area contributed by atoms with Crippen molar-refractivity contribution in [1.82, 2.24) is 9.88 Å². The van der Waals surface area contributed by atoms with Crippen LogP contribution >= 0.6 is 11.6 Å². The van der Waals surface area contributed by atoms with E-state index in [4.69, 9.17) is 11.6 Å². The van der Waals surface area contributed by atoms with E-state index >= 15 is 0 Å². The minimum Gasteiger partial charge on any atom is -0.368 e. The lowest BCUT2D eigenvalue weighted by Gasteiger charge is -2.20. The minimum atomic E-state index is 0.416. The van der Waals surface area contributed by atoms with Crippen LogP contribution in [0.25, 0.3) is 10.9 Å². The molecule has 1 aromatic heterocycles. The van der Waals surface area contributed by atoms with E-state index in [9.17, 15) is 0 Å². The van der Waals surface area contributed by atoms with Gasteiger partial charge in [0, 0.05) is 16.5 Å². The van der Waals surface area contributed by atoms with Crippen molar-refractivity contribution >= 4 is 28.3 Å². The monoisotopic (exact) mass is 319 g/mol. The first-order valence-corrected chi connectivity index (χ1v) is 8.55. The number of nitrogens with one attached hydrogen (secondary N) is 1. The Hall–Kier alpha value is -1.32. The van der Waals surface area contributed by atoms with E-state index in [1.165, 1.54) is 13.0 Å². The third-order valence-electron chi connectivity index (χ3n) is 4.05. The van der Waals surface area contributed by atoms with Crippen LogP contribution in [-0.4, -0.2) is 35.6 Å². The molecule has 0 amide bonds. The number of aromatic nitrogens is 1. The predicted molar refractivity (Wildman–Crippen MR) is 96.9 cm³/mol.